The van der Waals surface area contributed by atoms with Crippen LogP contribution in [0.5, 0.6) is 0 Å². The first kappa shape index (κ1) is 16.2. The topological polar surface area (TPSA) is 24.5 Å². The molecule has 0 aliphatic carbocycles. The number of benzene rings is 1. The lowest BCUT2D eigenvalue weighted by Crippen LogP contribution is -2.38. The fourth-order valence-electron chi connectivity index (χ4n) is 3.06. The van der Waals surface area contributed by atoms with Crippen molar-refractivity contribution in [2.45, 2.75) is 32.7 Å². The van der Waals surface area contributed by atoms with Crippen molar-refractivity contribution in [2.24, 2.45) is 5.92 Å². The van der Waals surface area contributed by atoms with Crippen molar-refractivity contribution >= 4 is 5.69 Å². The third-order valence-corrected chi connectivity index (χ3v) is 4.08. The fourth-order valence-corrected chi connectivity index (χ4v) is 3.06. The van der Waals surface area contributed by atoms with Gasteiger partial charge in [-0.1, -0.05) is 13.0 Å². The number of ether oxygens (including phenoxy) is 1. The normalized spacial score (nSPS) is 19.0. The monoisotopic (exact) mass is 294 g/mol. The summed E-state index contributed by atoms with van der Waals surface area (Å²) in [5.74, 6) is 0.438. The van der Waals surface area contributed by atoms with Gasteiger partial charge in [-0.05, 0) is 43.9 Å². The molecule has 1 aromatic rings. The van der Waals surface area contributed by atoms with Crippen LogP contribution in [-0.4, -0.2) is 33.4 Å². The smallest absolute Gasteiger partial charge is 0.129 e. The predicted octanol–water partition coefficient (Wildman–Crippen LogP) is 3.19. The highest BCUT2D eigenvalue weighted by molar-refractivity contribution is 5.54. The highest BCUT2D eigenvalue weighted by Gasteiger charge is 2.22. The Morgan fingerprint density at radius 2 is 2.29 bits per heavy atom. The predicted molar refractivity (Wildman–Crippen MR) is 85.2 cm³/mol. The summed E-state index contributed by atoms with van der Waals surface area (Å²) in [6.45, 7) is 6.38. The van der Waals surface area contributed by atoms with Gasteiger partial charge in [-0.15, -0.1) is 0 Å². The van der Waals surface area contributed by atoms with E-state index in [-0.39, 0.29) is 5.82 Å². The largest absolute Gasteiger partial charge is 0.384 e. The van der Waals surface area contributed by atoms with E-state index in [1.54, 1.807) is 13.2 Å². The summed E-state index contributed by atoms with van der Waals surface area (Å²) in [4.78, 5) is 2.32. The quantitative estimate of drug-likeness (QED) is 0.782. The van der Waals surface area contributed by atoms with Gasteiger partial charge in [-0.2, -0.15) is 0 Å². The van der Waals surface area contributed by atoms with E-state index in [9.17, 15) is 4.39 Å². The molecule has 0 saturated carbocycles. The Morgan fingerprint density at radius 3 is 3.05 bits per heavy atom. The first-order valence-corrected chi connectivity index (χ1v) is 7.98. The lowest BCUT2D eigenvalue weighted by atomic mass is 9.97. The zero-order chi connectivity index (χ0) is 15.1. The van der Waals surface area contributed by atoms with Crippen LogP contribution >= 0.6 is 0 Å². The second-order valence-corrected chi connectivity index (χ2v) is 5.82. The Labute approximate surface area is 127 Å². The first-order chi connectivity index (χ1) is 10.3. The van der Waals surface area contributed by atoms with Crippen molar-refractivity contribution in [1.29, 1.82) is 0 Å². The standard InChI is InChI=1S/C17H27FN2O/c1-3-9-19-11-15-16(18)7-4-8-17(15)20-10-5-6-14(12-20)13-21-2/h4,7-8,14,19H,3,5-6,9-13H2,1-2H3. The van der Waals surface area contributed by atoms with E-state index in [1.807, 2.05) is 12.1 Å². The molecule has 1 fully saturated rings. The van der Waals surface area contributed by atoms with Crippen molar-refractivity contribution in [2.75, 3.05) is 38.3 Å². The molecule has 1 atom stereocenters. The van der Waals surface area contributed by atoms with Gasteiger partial charge in [0.2, 0.25) is 0 Å². The Balaban J connectivity index is 2.12. The second-order valence-electron chi connectivity index (χ2n) is 5.82. The summed E-state index contributed by atoms with van der Waals surface area (Å²) in [5.41, 5.74) is 1.84. The van der Waals surface area contributed by atoms with Crippen LogP contribution in [0.25, 0.3) is 0 Å². The van der Waals surface area contributed by atoms with E-state index < -0.39 is 0 Å². The molecule has 0 aromatic heterocycles. The molecule has 0 spiro atoms. The van der Waals surface area contributed by atoms with Crippen LogP contribution in [0, 0.1) is 11.7 Å². The minimum atomic E-state index is -0.107. The van der Waals surface area contributed by atoms with Crippen LogP contribution in [-0.2, 0) is 11.3 Å². The average molecular weight is 294 g/mol. The summed E-state index contributed by atoms with van der Waals surface area (Å²) < 4.78 is 19.5. The molecule has 1 heterocycles. The van der Waals surface area contributed by atoms with Crippen LogP contribution in [0.4, 0.5) is 10.1 Å². The molecule has 1 unspecified atom stereocenters. The Bertz CT molecular complexity index is 437. The summed E-state index contributed by atoms with van der Waals surface area (Å²) >= 11 is 0. The number of halogens is 1. The molecule has 0 bridgehead atoms. The maximum absolute atomic E-state index is 14.2. The lowest BCUT2D eigenvalue weighted by molar-refractivity contribution is 0.143. The summed E-state index contributed by atoms with van der Waals surface area (Å²) in [5, 5.41) is 3.32. The van der Waals surface area contributed by atoms with Gasteiger partial charge in [0.25, 0.3) is 0 Å². The average Bonchev–Trinajstić information content (AvgIpc) is 2.50. The summed E-state index contributed by atoms with van der Waals surface area (Å²) in [6.07, 6.45) is 3.40. The maximum Gasteiger partial charge on any atom is 0.129 e. The number of hydrogen-bond donors (Lipinski definition) is 1. The Hall–Kier alpha value is -1.13. The fraction of sp³-hybridized carbons (Fsp3) is 0.647. The molecule has 3 nitrogen and oxygen atoms in total. The Morgan fingerprint density at radius 1 is 1.43 bits per heavy atom. The van der Waals surface area contributed by atoms with Crippen molar-refractivity contribution < 1.29 is 9.13 Å². The SMILES string of the molecule is CCCNCc1c(F)cccc1N1CCCC(COC)C1. The molecule has 1 saturated heterocycles. The van der Waals surface area contributed by atoms with Crippen LogP contribution in [0.1, 0.15) is 31.7 Å². The van der Waals surface area contributed by atoms with Gasteiger partial charge in [0.05, 0.1) is 6.61 Å². The summed E-state index contributed by atoms with van der Waals surface area (Å²) in [7, 11) is 1.75. The zero-order valence-corrected chi connectivity index (χ0v) is 13.2. The third-order valence-electron chi connectivity index (χ3n) is 4.08. The number of piperidine rings is 1. The molecule has 4 heteroatoms. The number of anilines is 1. The number of rotatable bonds is 7. The minimum absolute atomic E-state index is 0.107. The van der Waals surface area contributed by atoms with Crippen molar-refractivity contribution in [1.82, 2.24) is 5.32 Å². The second kappa shape index (κ2) is 8.35. The molecular formula is C17H27FN2O. The minimum Gasteiger partial charge on any atom is -0.384 e. The van der Waals surface area contributed by atoms with Crippen molar-refractivity contribution in [3.8, 4) is 0 Å². The molecule has 1 aliphatic rings. The molecular weight excluding hydrogens is 267 g/mol. The van der Waals surface area contributed by atoms with Gasteiger partial charge in [-0.3, -0.25) is 0 Å². The van der Waals surface area contributed by atoms with Gasteiger partial charge in [0.1, 0.15) is 5.82 Å². The van der Waals surface area contributed by atoms with Crippen LogP contribution in [0.3, 0.4) is 0 Å². The van der Waals surface area contributed by atoms with E-state index >= 15 is 0 Å². The van der Waals surface area contributed by atoms with Crippen LogP contribution in [0.15, 0.2) is 18.2 Å². The van der Waals surface area contributed by atoms with Gasteiger partial charge >= 0.3 is 0 Å². The number of hydrogen-bond acceptors (Lipinski definition) is 3. The van der Waals surface area contributed by atoms with E-state index in [1.165, 1.54) is 6.42 Å². The zero-order valence-electron chi connectivity index (χ0n) is 13.2. The number of methoxy groups -OCH3 is 1. The third kappa shape index (κ3) is 4.42. The van der Waals surface area contributed by atoms with Gasteiger partial charge in [-0.25, -0.2) is 4.39 Å². The van der Waals surface area contributed by atoms with Crippen LogP contribution in [0.2, 0.25) is 0 Å². The summed E-state index contributed by atoms with van der Waals surface area (Å²) in [6, 6.07) is 5.41. The maximum atomic E-state index is 14.2. The van der Waals surface area contributed by atoms with Crippen molar-refractivity contribution in [3.05, 3.63) is 29.6 Å². The number of nitrogens with one attached hydrogen (secondary N) is 1. The van der Waals surface area contributed by atoms with E-state index in [4.69, 9.17) is 4.74 Å². The van der Waals surface area contributed by atoms with E-state index in [2.05, 4.69) is 17.1 Å². The molecule has 0 radical (unpaired) electrons. The van der Waals surface area contributed by atoms with E-state index in [0.29, 0.717) is 12.5 Å². The molecule has 1 N–H and O–H groups in total. The Kier molecular flexibility index (Phi) is 6.46. The molecule has 0 amide bonds. The van der Waals surface area contributed by atoms with Gasteiger partial charge in [0.15, 0.2) is 0 Å². The van der Waals surface area contributed by atoms with Gasteiger partial charge < -0.3 is 15.0 Å². The molecule has 1 aromatic carbocycles. The molecule has 21 heavy (non-hydrogen) atoms. The lowest BCUT2D eigenvalue weighted by Gasteiger charge is -2.35. The molecule has 2 rings (SSSR count). The van der Waals surface area contributed by atoms with E-state index in [0.717, 1.165) is 50.3 Å². The highest BCUT2D eigenvalue weighted by Crippen LogP contribution is 2.28. The highest BCUT2D eigenvalue weighted by atomic mass is 19.1. The molecule has 1 aliphatic heterocycles. The number of nitrogens with zero attached hydrogens (tertiary/aromatic N) is 1. The molecule has 118 valence electrons. The van der Waals surface area contributed by atoms with Gasteiger partial charge in [0, 0.05) is 38.0 Å². The van der Waals surface area contributed by atoms with Crippen LogP contribution < -0.4 is 10.2 Å². The van der Waals surface area contributed by atoms with Crippen molar-refractivity contribution in [3.63, 3.8) is 0 Å². The first-order valence-electron chi connectivity index (χ1n) is 7.98.